The molecule has 0 saturated carbocycles. The molecule has 0 atom stereocenters. The van der Waals surface area contributed by atoms with E-state index < -0.39 is 11.9 Å². The van der Waals surface area contributed by atoms with Crippen molar-refractivity contribution in [1.82, 2.24) is 20.8 Å². The van der Waals surface area contributed by atoms with E-state index >= 15 is 0 Å². The Hall–Kier alpha value is -2.10. The second kappa shape index (κ2) is 6.77. The number of guanidine groups is 1. The lowest BCUT2D eigenvalue weighted by atomic mass is 10.4. The summed E-state index contributed by atoms with van der Waals surface area (Å²) >= 11 is 0.942. The van der Waals surface area contributed by atoms with Gasteiger partial charge in [-0.1, -0.05) is 5.16 Å². The van der Waals surface area contributed by atoms with Crippen LogP contribution in [-0.2, 0) is 19.3 Å². The summed E-state index contributed by atoms with van der Waals surface area (Å²) in [5.41, 5.74) is -0.114. The van der Waals surface area contributed by atoms with Crippen LogP contribution < -0.4 is 10.6 Å². The molecule has 0 fully saturated rings. The van der Waals surface area contributed by atoms with E-state index in [1.807, 2.05) is 0 Å². The molecule has 0 saturated heterocycles. The Kier molecular flexibility index (Phi) is 5.01. The Bertz CT molecular complexity index is 649. The number of hydrogen-bond acceptors (Lipinski definition) is 5. The molecule has 2 aromatic rings. The van der Waals surface area contributed by atoms with Gasteiger partial charge in [-0.3, -0.25) is 4.99 Å². The van der Waals surface area contributed by atoms with Gasteiger partial charge < -0.3 is 15.2 Å². The second-order valence-corrected chi connectivity index (χ2v) is 5.28. The van der Waals surface area contributed by atoms with Crippen molar-refractivity contribution < 1.29 is 17.7 Å². The Morgan fingerprint density at radius 1 is 1.36 bits per heavy atom. The fourth-order valence-electron chi connectivity index (χ4n) is 1.57. The van der Waals surface area contributed by atoms with Crippen LogP contribution in [0.1, 0.15) is 22.2 Å². The third-order valence-electron chi connectivity index (χ3n) is 2.58. The molecule has 0 aliphatic carbocycles. The fraction of sp³-hybridized carbons (Fsp3) is 0.417. The number of aliphatic imine (C=N–C) groups is 1. The van der Waals surface area contributed by atoms with Gasteiger partial charge in [0.2, 0.25) is 0 Å². The van der Waals surface area contributed by atoms with Crippen molar-refractivity contribution in [2.75, 3.05) is 7.05 Å². The van der Waals surface area contributed by atoms with E-state index in [0.717, 1.165) is 22.4 Å². The zero-order valence-electron chi connectivity index (χ0n) is 11.9. The number of rotatable bonds is 4. The van der Waals surface area contributed by atoms with Crippen LogP contribution in [0, 0.1) is 6.92 Å². The number of nitrogens with zero attached hydrogens (tertiary/aromatic N) is 3. The van der Waals surface area contributed by atoms with E-state index in [4.69, 9.17) is 4.52 Å². The van der Waals surface area contributed by atoms with Gasteiger partial charge in [0.15, 0.2) is 17.4 Å². The lowest BCUT2D eigenvalue weighted by Crippen LogP contribution is -2.36. The number of halogens is 3. The quantitative estimate of drug-likeness (QED) is 0.663. The number of aryl methyl sites for hydroxylation is 1. The normalized spacial score (nSPS) is 12.5. The maximum absolute atomic E-state index is 12.4. The van der Waals surface area contributed by atoms with E-state index in [1.165, 1.54) is 0 Å². The van der Waals surface area contributed by atoms with Crippen LogP contribution in [0.4, 0.5) is 13.2 Å². The predicted molar refractivity (Wildman–Crippen MR) is 75.4 cm³/mol. The summed E-state index contributed by atoms with van der Waals surface area (Å²) in [6, 6.07) is 1.77. The monoisotopic (exact) mass is 333 g/mol. The molecule has 2 aromatic heterocycles. The molecule has 0 aliphatic heterocycles. The number of hydrogen-bond donors (Lipinski definition) is 2. The first-order valence-corrected chi connectivity index (χ1v) is 7.15. The molecule has 0 amide bonds. The van der Waals surface area contributed by atoms with Crippen molar-refractivity contribution in [3.8, 4) is 0 Å². The molecule has 0 spiro atoms. The first-order chi connectivity index (χ1) is 10.4. The Labute approximate surface area is 128 Å². The minimum absolute atomic E-state index is 0.149. The molecule has 2 rings (SSSR count). The van der Waals surface area contributed by atoms with Gasteiger partial charge >= 0.3 is 6.18 Å². The van der Waals surface area contributed by atoms with Gasteiger partial charge in [-0.15, -0.1) is 11.3 Å². The lowest BCUT2D eigenvalue weighted by Gasteiger charge is -2.09. The highest BCUT2D eigenvalue weighted by atomic mass is 32.1. The van der Waals surface area contributed by atoms with Crippen molar-refractivity contribution in [2.45, 2.75) is 26.2 Å². The molecule has 2 N–H and O–H groups in total. The average molecular weight is 333 g/mol. The SMILES string of the molecule is CN=C(NCc1cc(C)no1)NCc1nc(C(F)(F)F)cs1. The van der Waals surface area contributed by atoms with E-state index in [1.54, 1.807) is 20.0 Å². The van der Waals surface area contributed by atoms with Gasteiger partial charge in [0.1, 0.15) is 5.01 Å². The summed E-state index contributed by atoms with van der Waals surface area (Å²) in [4.78, 5) is 7.50. The van der Waals surface area contributed by atoms with Gasteiger partial charge in [-0.25, -0.2) is 4.98 Å². The third-order valence-corrected chi connectivity index (χ3v) is 3.43. The molecule has 0 aromatic carbocycles. The topological polar surface area (TPSA) is 75.3 Å². The Balaban J connectivity index is 1.85. The Morgan fingerprint density at radius 3 is 2.64 bits per heavy atom. The smallest absolute Gasteiger partial charge is 0.359 e. The zero-order valence-corrected chi connectivity index (χ0v) is 12.7. The molecule has 10 heteroatoms. The van der Waals surface area contributed by atoms with Crippen molar-refractivity contribution in [2.24, 2.45) is 4.99 Å². The molecule has 0 aliphatic rings. The summed E-state index contributed by atoms with van der Waals surface area (Å²) in [5, 5.41) is 10.9. The highest BCUT2D eigenvalue weighted by molar-refractivity contribution is 7.09. The summed E-state index contributed by atoms with van der Waals surface area (Å²) in [7, 11) is 1.56. The summed E-state index contributed by atoms with van der Waals surface area (Å²) in [6.45, 7) is 2.32. The highest BCUT2D eigenvalue weighted by Crippen LogP contribution is 2.29. The summed E-state index contributed by atoms with van der Waals surface area (Å²) in [6.07, 6.45) is -4.42. The molecule has 22 heavy (non-hydrogen) atoms. The van der Waals surface area contributed by atoms with Crippen molar-refractivity contribution in [3.63, 3.8) is 0 Å². The van der Waals surface area contributed by atoms with E-state index in [-0.39, 0.29) is 6.54 Å². The largest absolute Gasteiger partial charge is 0.434 e. The maximum atomic E-state index is 12.4. The minimum Gasteiger partial charge on any atom is -0.359 e. The molecule has 0 unspecified atom stereocenters. The van der Waals surface area contributed by atoms with Gasteiger partial charge in [0, 0.05) is 18.5 Å². The van der Waals surface area contributed by atoms with E-state index in [9.17, 15) is 13.2 Å². The number of alkyl halides is 3. The zero-order chi connectivity index (χ0) is 16.2. The summed E-state index contributed by atoms with van der Waals surface area (Å²) in [5.74, 6) is 1.06. The lowest BCUT2D eigenvalue weighted by molar-refractivity contribution is -0.140. The molecule has 120 valence electrons. The number of nitrogens with one attached hydrogen (secondary N) is 2. The molecule has 2 heterocycles. The molecular formula is C12H14F3N5OS. The minimum atomic E-state index is -4.42. The fourth-order valence-corrected chi connectivity index (χ4v) is 2.31. The first kappa shape index (κ1) is 16.3. The summed E-state index contributed by atoms with van der Waals surface area (Å²) < 4.78 is 42.4. The van der Waals surface area contributed by atoms with Crippen LogP contribution in [0.3, 0.4) is 0 Å². The standard InChI is InChI=1S/C12H14F3N5OS/c1-7-3-8(21-20-7)4-17-11(16-2)18-5-10-19-9(6-22-10)12(13,14)15/h3,6H,4-5H2,1-2H3,(H2,16,17,18). The molecule has 0 bridgehead atoms. The van der Waals surface area contributed by atoms with Crippen molar-refractivity contribution in [3.05, 3.63) is 33.6 Å². The van der Waals surface area contributed by atoms with Gasteiger partial charge in [0.05, 0.1) is 18.8 Å². The number of aromatic nitrogens is 2. The Morgan fingerprint density at radius 2 is 2.09 bits per heavy atom. The maximum Gasteiger partial charge on any atom is 0.434 e. The number of thiazole rings is 1. The van der Waals surface area contributed by atoms with Crippen LogP contribution in [0.25, 0.3) is 0 Å². The van der Waals surface area contributed by atoms with Crippen LogP contribution in [0.2, 0.25) is 0 Å². The van der Waals surface area contributed by atoms with E-state index in [2.05, 4.69) is 25.8 Å². The predicted octanol–water partition coefficient (Wildman–Crippen LogP) is 2.32. The molecule has 0 radical (unpaired) electrons. The van der Waals surface area contributed by atoms with Crippen LogP contribution >= 0.6 is 11.3 Å². The molecular weight excluding hydrogens is 319 g/mol. The van der Waals surface area contributed by atoms with Crippen molar-refractivity contribution >= 4 is 17.3 Å². The molecule has 6 nitrogen and oxygen atoms in total. The highest BCUT2D eigenvalue weighted by Gasteiger charge is 2.33. The van der Waals surface area contributed by atoms with Crippen LogP contribution in [-0.4, -0.2) is 23.1 Å². The first-order valence-electron chi connectivity index (χ1n) is 6.27. The second-order valence-electron chi connectivity index (χ2n) is 4.34. The van der Waals surface area contributed by atoms with E-state index in [0.29, 0.717) is 23.3 Å². The van der Waals surface area contributed by atoms with Crippen LogP contribution in [0.15, 0.2) is 21.0 Å². The van der Waals surface area contributed by atoms with Gasteiger partial charge in [-0.05, 0) is 6.92 Å². The van der Waals surface area contributed by atoms with Gasteiger partial charge in [0.25, 0.3) is 0 Å². The van der Waals surface area contributed by atoms with Crippen molar-refractivity contribution in [1.29, 1.82) is 0 Å². The van der Waals surface area contributed by atoms with Gasteiger partial charge in [-0.2, -0.15) is 13.2 Å². The third kappa shape index (κ3) is 4.45. The van der Waals surface area contributed by atoms with Crippen LogP contribution in [0.5, 0.6) is 0 Å². The average Bonchev–Trinajstić information content (AvgIpc) is 3.07.